The molecule has 102 valence electrons. The molecule has 0 unspecified atom stereocenters. The Hall–Kier alpha value is -0.140. The molecule has 0 fully saturated rings. The van der Waals surface area contributed by atoms with Crippen LogP contribution in [-0.4, -0.2) is 33.5 Å². The SMILES string of the molecule is O=S(=O)(NCCCOCCBr)c1cccc(Cl)c1. The van der Waals surface area contributed by atoms with E-state index in [4.69, 9.17) is 16.3 Å². The molecule has 1 aromatic carbocycles. The number of sulfonamides is 1. The number of hydrogen-bond acceptors (Lipinski definition) is 3. The first-order valence-electron chi connectivity index (χ1n) is 5.45. The Kier molecular flexibility index (Phi) is 7.18. The summed E-state index contributed by atoms with van der Waals surface area (Å²) in [4.78, 5) is 0.177. The van der Waals surface area contributed by atoms with E-state index in [1.54, 1.807) is 12.1 Å². The summed E-state index contributed by atoms with van der Waals surface area (Å²) < 4.78 is 31.4. The van der Waals surface area contributed by atoms with Crippen molar-refractivity contribution in [3.05, 3.63) is 29.3 Å². The maximum absolute atomic E-state index is 11.9. The van der Waals surface area contributed by atoms with Crippen LogP contribution in [0.15, 0.2) is 29.2 Å². The minimum Gasteiger partial charge on any atom is -0.381 e. The first kappa shape index (κ1) is 15.9. The van der Waals surface area contributed by atoms with Gasteiger partial charge in [-0.25, -0.2) is 13.1 Å². The van der Waals surface area contributed by atoms with Gasteiger partial charge in [-0.15, -0.1) is 0 Å². The van der Waals surface area contributed by atoms with Gasteiger partial charge in [-0.3, -0.25) is 0 Å². The third kappa shape index (κ3) is 5.67. The maximum atomic E-state index is 11.9. The minimum atomic E-state index is -3.47. The molecule has 1 N–H and O–H groups in total. The highest BCUT2D eigenvalue weighted by Crippen LogP contribution is 2.14. The first-order valence-corrected chi connectivity index (χ1v) is 8.43. The molecule has 0 spiro atoms. The zero-order valence-electron chi connectivity index (χ0n) is 9.73. The highest BCUT2D eigenvalue weighted by molar-refractivity contribution is 9.09. The molecule has 0 saturated carbocycles. The van der Waals surface area contributed by atoms with Crippen LogP contribution in [0.25, 0.3) is 0 Å². The van der Waals surface area contributed by atoms with Crippen molar-refractivity contribution in [2.45, 2.75) is 11.3 Å². The predicted octanol–water partition coefficient (Wildman–Crippen LogP) is 2.42. The van der Waals surface area contributed by atoms with E-state index in [-0.39, 0.29) is 4.90 Å². The first-order chi connectivity index (χ1) is 8.56. The summed E-state index contributed by atoms with van der Waals surface area (Å²) in [6.45, 7) is 1.50. The Bertz CT molecular complexity index is 467. The van der Waals surface area contributed by atoms with E-state index in [1.807, 2.05) is 0 Å². The normalized spacial score (nSPS) is 11.7. The van der Waals surface area contributed by atoms with E-state index < -0.39 is 10.0 Å². The molecule has 1 aromatic rings. The van der Waals surface area contributed by atoms with Gasteiger partial charge in [0.2, 0.25) is 10.0 Å². The van der Waals surface area contributed by atoms with Gasteiger partial charge in [0, 0.05) is 23.5 Å². The molecular formula is C11H15BrClNO3S. The lowest BCUT2D eigenvalue weighted by Gasteiger charge is -2.07. The zero-order valence-corrected chi connectivity index (χ0v) is 12.9. The molecule has 0 aliphatic rings. The number of benzene rings is 1. The summed E-state index contributed by atoms with van der Waals surface area (Å²) in [6, 6.07) is 6.17. The fourth-order valence-electron chi connectivity index (χ4n) is 1.25. The summed E-state index contributed by atoms with van der Waals surface area (Å²) in [6.07, 6.45) is 0.632. The van der Waals surface area contributed by atoms with Crippen molar-refractivity contribution in [3.63, 3.8) is 0 Å². The third-order valence-electron chi connectivity index (χ3n) is 2.09. The van der Waals surface area contributed by atoms with Crippen molar-refractivity contribution in [1.29, 1.82) is 0 Å². The van der Waals surface area contributed by atoms with Crippen molar-refractivity contribution in [2.24, 2.45) is 0 Å². The lowest BCUT2D eigenvalue weighted by Crippen LogP contribution is -2.25. The van der Waals surface area contributed by atoms with Crippen LogP contribution >= 0.6 is 27.5 Å². The third-order valence-corrected chi connectivity index (χ3v) is 4.10. The highest BCUT2D eigenvalue weighted by atomic mass is 79.9. The number of halogens is 2. The van der Waals surface area contributed by atoms with Gasteiger partial charge < -0.3 is 4.74 Å². The molecule has 7 heteroatoms. The van der Waals surface area contributed by atoms with E-state index in [0.717, 1.165) is 5.33 Å². The molecule has 0 aliphatic heterocycles. The minimum absolute atomic E-state index is 0.177. The van der Waals surface area contributed by atoms with E-state index >= 15 is 0 Å². The molecule has 0 saturated heterocycles. The maximum Gasteiger partial charge on any atom is 0.240 e. The Labute approximate surface area is 121 Å². The number of rotatable bonds is 8. The lowest BCUT2D eigenvalue weighted by atomic mass is 10.4. The number of ether oxygens (including phenoxy) is 1. The average Bonchev–Trinajstić information content (AvgIpc) is 2.33. The Balaban J connectivity index is 2.41. The van der Waals surface area contributed by atoms with Crippen LogP contribution in [0, 0.1) is 0 Å². The lowest BCUT2D eigenvalue weighted by molar-refractivity contribution is 0.149. The van der Waals surface area contributed by atoms with Crippen LogP contribution in [0.1, 0.15) is 6.42 Å². The van der Waals surface area contributed by atoms with Crippen LogP contribution in [0.4, 0.5) is 0 Å². The van der Waals surface area contributed by atoms with Crippen molar-refractivity contribution >= 4 is 37.6 Å². The van der Waals surface area contributed by atoms with Gasteiger partial charge in [-0.2, -0.15) is 0 Å². The molecule has 18 heavy (non-hydrogen) atoms. The summed E-state index contributed by atoms with van der Waals surface area (Å²) in [5.41, 5.74) is 0. The zero-order chi connectivity index (χ0) is 13.4. The smallest absolute Gasteiger partial charge is 0.240 e. The number of nitrogens with one attached hydrogen (secondary N) is 1. The van der Waals surface area contributed by atoms with Crippen molar-refractivity contribution in [1.82, 2.24) is 4.72 Å². The molecule has 0 amide bonds. The largest absolute Gasteiger partial charge is 0.381 e. The summed E-state index contributed by atoms with van der Waals surface area (Å²) in [5, 5.41) is 1.18. The van der Waals surface area contributed by atoms with Gasteiger partial charge in [0.1, 0.15) is 0 Å². The Morgan fingerprint density at radius 2 is 2.11 bits per heavy atom. The number of hydrogen-bond donors (Lipinski definition) is 1. The monoisotopic (exact) mass is 355 g/mol. The van der Waals surface area contributed by atoms with Crippen LogP contribution in [-0.2, 0) is 14.8 Å². The average molecular weight is 357 g/mol. The molecule has 0 radical (unpaired) electrons. The van der Waals surface area contributed by atoms with Gasteiger partial charge in [0.25, 0.3) is 0 Å². The number of alkyl halides is 1. The molecule has 0 heterocycles. The van der Waals surface area contributed by atoms with Gasteiger partial charge in [0.15, 0.2) is 0 Å². The molecule has 0 atom stereocenters. The predicted molar refractivity (Wildman–Crippen MR) is 75.9 cm³/mol. The van der Waals surface area contributed by atoms with Gasteiger partial charge in [-0.1, -0.05) is 33.6 Å². The molecule has 4 nitrogen and oxygen atoms in total. The fourth-order valence-corrected chi connectivity index (χ4v) is 2.86. The van der Waals surface area contributed by atoms with Crippen molar-refractivity contribution in [2.75, 3.05) is 25.1 Å². The second-order valence-corrected chi connectivity index (χ2v) is 6.51. The van der Waals surface area contributed by atoms with Crippen LogP contribution in [0.3, 0.4) is 0 Å². The summed E-state index contributed by atoms with van der Waals surface area (Å²) >= 11 is 8.99. The van der Waals surface area contributed by atoms with Crippen molar-refractivity contribution < 1.29 is 13.2 Å². The van der Waals surface area contributed by atoms with Gasteiger partial charge in [-0.05, 0) is 24.6 Å². The second kappa shape index (κ2) is 8.12. The second-order valence-electron chi connectivity index (χ2n) is 3.51. The summed E-state index contributed by atoms with van der Waals surface area (Å²) in [7, 11) is -3.47. The van der Waals surface area contributed by atoms with E-state index in [1.165, 1.54) is 12.1 Å². The van der Waals surface area contributed by atoms with E-state index in [2.05, 4.69) is 20.7 Å². The van der Waals surface area contributed by atoms with Gasteiger partial charge >= 0.3 is 0 Å². The Morgan fingerprint density at radius 1 is 1.33 bits per heavy atom. The van der Waals surface area contributed by atoms with E-state index in [9.17, 15) is 8.42 Å². The Morgan fingerprint density at radius 3 is 2.78 bits per heavy atom. The quantitative estimate of drug-likeness (QED) is 0.575. The standard InChI is InChI=1S/C11H15BrClNO3S/c12-5-8-17-7-2-6-14-18(15,16)11-4-1-3-10(13)9-11/h1,3-4,9,14H,2,5-8H2. The molecule has 0 aromatic heterocycles. The topological polar surface area (TPSA) is 55.4 Å². The molecule has 0 bridgehead atoms. The van der Waals surface area contributed by atoms with Crippen LogP contribution in [0.5, 0.6) is 0 Å². The van der Waals surface area contributed by atoms with Crippen LogP contribution in [0.2, 0.25) is 5.02 Å². The molecular weight excluding hydrogens is 342 g/mol. The van der Waals surface area contributed by atoms with Gasteiger partial charge in [0.05, 0.1) is 11.5 Å². The highest BCUT2D eigenvalue weighted by Gasteiger charge is 2.12. The fraction of sp³-hybridized carbons (Fsp3) is 0.455. The molecule has 0 aliphatic carbocycles. The van der Waals surface area contributed by atoms with Crippen LogP contribution < -0.4 is 4.72 Å². The van der Waals surface area contributed by atoms with E-state index in [0.29, 0.717) is 31.2 Å². The van der Waals surface area contributed by atoms with Crippen molar-refractivity contribution in [3.8, 4) is 0 Å². The molecule has 1 rings (SSSR count). The summed E-state index contributed by atoms with van der Waals surface area (Å²) in [5.74, 6) is 0.